The molecule has 2 aliphatic rings. The Balaban J connectivity index is 1.71. The quantitative estimate of drug-likeness (QED) is 0.866. The van der Waals surface area contributed by atoms with E-state index in [0.717, 1.165) is 21.3 Å². The number of anilines is 1. The molecule has 9 heteroatoms. The zero-order valence-electron chi connectivity index (χ0n) is 14.1. The number of nitrogens with zero attached hydrogens (tertiary/aromatic N) is 2. The van der Waals surface area contributed by atoms with Crippen molar-refractivity contribution >= 4 is 27.6 Å². The molecule has 1 N–H and O–H groups in total. The van der Waals surface area contributed by atoms with E-state index < -0.39 is 39.9 Å². The highest BCUT2D eigenvalue weighted by molar-refractivity contribution is 7.89. The minimum absolute atomic E-state index is 0.0867. The lowest BCUT2D eigenvalue weighted by Gasteiger charge is -2.36. The van der Waals surface area contributed by atoms with Crippen LogP contribution < -0.4 is 10.2 Å². The number of imide groups is 1. The van der Waals surface area contributed by atoms with Crippen molar-refractivity contribution in [3.63, 3.8) is 0 Å². The molecule has 2 heterocycles. The summed E-state index contributed by atoms with van der Waals surface area (Å²) < 4.78 is 40.3. The van der Waals surface area contributed by atoms with E-state index >= 15 is 0 Å². The maximum atomic E-state index is 13.2. The number of sulfonamides is 1. The van der Waals surface area contributed by atoms with Gasteiger partial charge in [0.2, 0.25) is 10.0 Å². The van der Waals surface area contributed by atoms with Crippen molar-refractivity contribution in [3.05, 3.63) is 60.4 Å². The third-order valence-corrected chi connectivity index (χ3v) is 6.67. The van der Waals surface area contributed by atoms with E-state index in [0.29, 0.717) is 6.42 Å². The second-order valence-corrected chi connectivity index (χ2v) is 8.26. The minimum atomic E-state index is -3.90. The number of nitrogens with one attached hydrogen (secondary N) is 1. The molecule has 0 bridgehead atoms. The van der Waals surface area contributed by atoms with Gasteiger partial charge in [-0.25, -0.2) is 22.5 Å². The molecule has 2 aromatic rings. The van der Waals surface area contributed by atoms with Gasteiger partial charge in [0.25, 0.3) is 5.91 Å². The van der Waals surface area contributed by atoms with Gasteiger partial charge >= 0.3 is 6.03 Å². The summed E-state index contributed by atoms with van der Waals surface area (Å²) >= 11 is 0. The van der Waals surface area contributed by atoms with Crippen molar-refractivity contribution in [2.24, 2.45) is 0 Å². The highest BCUT2D eigenvalue weighted by Gasteiger charge is 2.52. The predicted octanol–water partition coefficient (Wildman–Crippen LogP) is 1.71. The molecule has 2 aliphatic heterocycles. The number of benzene rings is 2. The van der Waals surface area contributed by atoms with Crippen LogP contribution in [0.1, 0.15) is 6.42 Å². The average molecular weight is 389 g/mol. The summed E-state index contributed by atoms with van der Waals surface area (Å²) in [5.41, 5.74) is 0.182. The number of amides is 3. The average Bonchev–Trinajstić information content (AvgIpc) is 3.09. The smallest absolute Gasteiger partial charge is 0.329 e. The summed E-state index contributed by atoms with van der Waals surface area (Å²) in [6.07, 6.45) is 0.339. The summed E-state index contributed by atoms with van der Waals surface area (Å²) in [6.45, 7) is 0.121. The Kier molecular flexibility index (Phi) is 4.20. The van der Waals surface area contributed by atoms with Gasteiger partial charge in [-0.3, -0.25) is 4.79 Å². The molecule has 2 saturated heterocycles. The van der Waals surface area contributed by atoms with Crippen LogP contribution in [0.2, 0.25) is 0 Å². The van der Waals surface area contributed by atoms with Crippen LogP contribution in [-0.2, 0) is 14.8 Å². The molecule has 140 valence electrons. The normalized spacial score (nSPS) is 23.2. The van der Waals surface area contributed by atoms with Crippen molar-refractivity contribution in [1.29, 1.82) is 0 Å². The Bertz CT molecular complexity index is 995. The van der Waals surface area contributed by atoms with E-state index in [-0.39, 0.29) is 17.1 Å². The zero-order valence-corrected chi connectivity index (χ0v) is 14.9. The molecule has 0 unspecified atom stereocenters. The molecule has 2 atom stereocenters. The van der Waals surface area contributed by atoms with Crippen molar-refractivity contribution in [2.45, 2.75) is 23.4 Å². The standard InChI is InChI=1S/C18H16FN3O4S/c19-12-6-8-13(9-7-12)22-17(23)16-15(20-18(22)24)10-11-21(16)27(25,26)14-4-2-1-3-5-14/h1-9,15-16H,10-11H2,(H,20,24)/t15-,16+/m1/s1. The number of halogens is 1. The maximum Gasteiger partial charge on any atom is 0.329 e. The fraction of sp³-hybridized carbons (Fsp3) is 0.222. The first-order valence-corrected chi connectivity index (χ1v) is 9.80. The Morgan fingerprint density at radius 1 is 1.00 bits per heavy atom. The maximum absolute atomic E-state index is 13.2. The lowest BCUT2D eigenvalue weighted by molar-refractivity contribution is -0.122. The summed E-state index contributed by atoms with van der Waals surface area (Å²) in [6, 6.07) is 10.4. The van der Waals surface area contributed by atoms with Crippen molar-refractivity contribution in [3.8, 4) is 0 Å². The molecule has 4 rings (SSSR count). The Morgan fingerprint density at radius 3 is 2.33 bits per heavy atom. The first kappa shape index (κ1) is 17.6. The van der Waals surface area contributed by atoms with E-state index in [2.05, 4.69) is 5.32 Å². The fourth-order valence-electron chi connectivity index (χ4n) is 3.50. The third-order valence-electron chi connectivity index (χ3n) is 4.77. The molecule has 2 fully saturated rings. The highest BCUT2D eigenvalue weighted by atomic mass is 32.2. The molecular formula is C18H16FN3O4S. The summed E-state index contributed by atoms with van der Waals surface area (Å²) in [5, 5.41) is 2.69. The van der Waals surface area contributed by atoms with Crippen LogP contribution in [0.15, 0.2) is 59.5 Å². The Labute approximate surface area is 155 Å². The van der Waals surface area contributed by atoms with Gasteiger partial charge in [-0.1, -0.05) is 18.2 Å². The van der Waals surface area contributed by atoms with E-state index in [9.17, 15) is 22.4 Å². The Morgan fingerprint density at radius 2 is 1.67 bits per heavy atom. The van der Waals surface area contributed by atoms with E-state index in [4.69, 9.17) is 0 Å². The van der Waals surface area contributed by atoms with E-state index in [1.165, 1.54) is 24.3 Å². The van der Waals surface area contributed by atoms with Crippen molar-refractivity contribution in [2.75, 3.05) is 11.4 Å². The number of carbonyl (C=O) groups is 2. The fourth-order valence-corrected chi connectivity index (χ4v) is 5.15. The van der Waals surface area contributed by atoms with Gasteiger partial charge < -0.3 is 5.32 Å². The van der Waals surface area contributed by atoms with E-state index in [1.807, 2.05) is 0 Å². The van der Waals surface area contributed by atoms with Gasteiger partial charge in [0.15, 0.2) is 0 Å². The number of urea groups is 1. The molecule has 2 aromatic carbocycles. The number of fused-ring (bicyclic) bond motifs is 1. The molecule has 27 heavy (non-hydrogen) atoms. The monoisotopic (exact) mass is 389 g/mol. The second kappa shape index (κ2) is 6.43. The van der Waals surface area contributed by atoms with Gasteiger partial charge in [-0.05, 0) is 42.8 Å². The number of hydrogen-bond acceptors (Lipinski definition) is 4. The van der Waals surface area contributed by atoms with Crippen LogP contribution in [0, 0.1) is 5.82 Å². The van der Waals surface area contributed by atoms with Gasteiger partial charge in [0, 0.05) is 6.54 Å². The molecule has 0 spiro atoms. The number of carbonyl (C=O) groups excluding carboxylic acids is 2. The van der Waals surface area contributed by atoms with Crippen molar-refractivity contribution < 1.29 is 22.4 Å². The van der Waals surface area contributed by atoms with Crippen LogP contribution in [0.3, 0.4) is 0 Å². The number of hydrogen-bond donors (Lipinski definition) is 1. The largest absolute Gasteiger partial charge is 0.332 e. The van der Waals surface area contributed by atoms with Gasteiger partial charge in [0.05, 0.1) is 16.6 Å². The van der Waals surface area contributed by atoms with E-state index in [1.54, 1.807) is 18.2 Å². The summed E-state index contributed by atoms with van der Waals surface area (Å²) in [5.74, 6) is -1.15. The molecule has 0 radical (unpaired) electrons. The van der Waals surface area contributed by atoms with Crippen LogP contribution in [0.25, 0.3) is 0 Å². The van der Waals surface area contributed by atoms with Gasteiger partial charge in [-0.2, -0.15) is 4.31 Å². The molecule has 3 amide bonds. The minimum Gasteiger partial charge on any atom is -0.332 e. The van der Waals surface area contributed by atoms with Crippen LogP contribution in [0.5, 0.6) is 0 Å². The predicted molar refractivity (Wildman–Crippen MR) is 94.9 cm³/mol. The molecular weight excluding hydrogens is 373 g/mol. The second-order valence-electron chi connectivity index (χ2n) is 6.37. The molecule has 0 aliphatic carbocycles. The number of rotatable bonds is 3. The topological polar surface area (TPSA) is 86.8 Å². The lowest BCUT2D eigenvalue weighted by Crippen LogP contribution is -2.64. The molecule has 7 nitrogen and oxygen atoms in total. The van der Waals surface area contributed by atoms with Crippen LogP contribution in [0.4, 0.5) is 14.9 Å². The molecule has 0 saturated carbocycles. The Hall–Kier alpha value is -2.78. The first-order valence-electron chi connectivity index (χ1n) is 8.36. The third kappa shape index (κ3) is 2.88. The summed E-state index contributed by atoms with van der Waals surface area (Å²) in [4.78, 5) is 26.4. The van der Waals surface area contributed by atoms with Crippen LogP contribution >= 0.6 is 0 Å². The molecule has 0 aromatic heterocycles. The van der Waals surface area contributed by atoms with Gasteiger partial charge in [0.1, 0.15) is 11.9 Å². The zero-order chi connectivity index (χ0) is 19.2. The van der Waals surface area contributed by atoms with Crippen LogP contribution in [-0.4, -0.2) is 43.3 Å². The summed E-state index contributed by atoms with van der Waals surface area (Å²) in [7, 11) is -3.90. The van der Waals surface area contributed by atoms with Gasteiger partial charge in [-0.15, -0.1) is 0 Å². The van der Waals surface area contributed by atoms with Crippen molar-refractivity contribution in [1.82, 2.24) is 9.62 Å². The SMILES string of the molecule is O=C1N[C@@H]2CCN(S(=O)(=O)c3ccccc3)[C@@H]2C(=O)N1c1ccc(F)cc1. The lowest BCUT2D eigenvalue weighted by atomic mass is 10.1. The highest BCUT2D eigenvalue weighted by Crippen LogP contribution is 2.31. The first-order chi connectivity index (χ1) is 12.9.